The molecule has 166 valence electrons. The number of carbonyl (C=O) groups excluding carboxylic acids is 1. The van der Waals surface area contributed by atoms with Crippen LogP contribution in [0.1, 0.15) is 16.7 Å². The summed E-state index contributed by atoms with van der Waals surface area (Å²) in [5.74, 6) is 0.0942. The fourth-order valence-corrected chi connectivity index (χ4v) is 4.18. The molecule has 8 heteroatoms. The summed E-state index contributed by atoms with van der Waals surface area (Å²) in [6.07, 6.45) is 1.64. The van der Waals surface area contributed by atoms with Gasteiger partial charge in [-0.3, -0.25) is 4.79 Å². The molecule has 0 fully saturated rings. The van der Waals surface area contributed by atoms with Crippen LogP contribution in [0.3, 0.4) is 0 Å². The Balaban J connectivity index is 1.77. The van der Waals surface area contributed by atoms with Crippen LogP contribution in [-0.4, -0.2) is 33.7 Å². The highest BCUT2D eigenvalue weighted by Crippen LogP contribution is 2.13. The molecule has 32 heavy (non-hydrogen) atoms. The summed E-state index contributed by atoms with van der Waals surface area (Å²) in [7, 11) is -2.34. The second-order valence-electron chi connectivity index (χ2n) is 7.19. The molecule has 2 N–H and O–H groups in total. The van der Waals surface area contributed by atoms with E-state index in [2.05, 4.69) is 15.2 Å². The van der Waals surface area contributed by atoms with Gasteiger partial charge >= 0.3 is 0 Å². The van der Waals surface area contributed by atoms with Crippen molar-refractivity contribution in [3.63, 3.8) is 0 Å². The molecule has 0 saturated carbocycles. The van der Waals surface area contributed by atoms with E-state index in [1.807, 2.05) is 37.3 Å². The second-order valence-corrected chi connectivity index (χ2v) is 8.90. The van der Waals surface area contributed by atoms with Crippen molar-refractivity contribution in [2.24, 2.45) is 5.10 Å². The van der Waals surface area contributed by atoms with Crippen molar-refractivity contribution in [2.75, 3.05) is 7.11 Å². The number of hydrogen-bond acceptors (Lipinski definition) is 5. The van der Waals surface area contributed by atoms with Crippen LogP contribution in [0.25, 0.3) is 0 Å². The lowest BCUT2D eigenvalue weighted by molar-refractivity contribution is -0.122. The van der Waals surface area contributed by atoms with E-state index >= 15 is 0 Å². The smallest absolute Gasteiger partial charge is 0.258 e. The molecule has 0 aliphatic heterocycles. The Labute approximate surface area is 188 Å². The summed E-state index contributed by atoms with van der Waals surface area (Å²) >= 11 is 0. The molecule has 0 aliphatic rings. The third kappa shape index (κ3) is 6.50. The fraction of sp³-hybridized carbons (Fsp3) is 0.167. The number of aryl methyl sites for hydroxylation is 1. The number of carbonyl (C=O) groups is 1. The summed E-state index contributed by atoms with van der Waals surface area (Å²) in [4.78, 5) is 12.9. The lowest BCUT2D eigenvalue weighted by Gasteiger charge is -2.17. The Morgan fingerprint density at radius 2 is 1.75 bits per heavy atom. The van der Waals surface area contributed by atoms with Crippen molar-refractivity contribution in [3.05, 3.63) is 95.6 Å². The van der Waals surface area contributed by atoms with Crippen LogP contribution < -0.4 is 14.9 Å². The maximum atomic E-state index is 12.9. The standard InChI is InChI=1S/C24H25N3O4S/c1-18-11-13-22(14-12-18)32(29,30)27-23(16-19-7-4-3-5-8-19)24(28)26-25-17-20-9-6-10-21(15-20)31-2/h3-15,17,23,27H,16H2,1-2H3,(H,26,28)/b25-17-/t23-/m1/s1. The number of hydrogen-bond donors (Lipinski definition) is 2. The number of rotatable bonds is 9. The lowest BCUT2D eigenvalue weighted by atomic mass is 10.1. The molecule has 7 nitrogen and oxygen atoms in total. The van der Waals surface area contributed by atoms with Crippen molar-refractivity contribution in [1.29, 1.82) is 0 Å². The fourth-order valence-electron chi connectivity index (χ4n) is 2.98. The van der Waals surface area contributed by atoms with Gasteiger partial charge in [-0.2, -0.15) is 9.82 Å². The molecular weight excluding hydrogens is 426 g/mol. The van der Waals surface area contributed by atoms with Gasteiger partial charge in [0.2, 0.25) is 10.0 Å². The summed E-state index contributed by atoms with van der Waals surface area (Å²) < 4.78 is 33.4. The Bertz CT molecular complexity index is 1180. The van der Waals surface area contributed by atoms with E-state index in [-0.39, 0.29) is 11.3 Å². The maximum absolute atomic E-state index is 12.9. The number of nitrogens with zero attached hydrogens (tertiary/aromatic N) is 1. The van der Waals surface area contributed by atoms with Gasteiger partial charge in [0.25, 0.3) is 5.91 Å². The zero-order valence-corrected chi connectivity index (χ0v) is 18.7. The third-order valence-corrected chi connectivity index (χ3v) is 6.20. The molecule has 0 radical (unpaired) electrons. The molecule has 0 aliphatic carbocycles. The van der Waals surface area contributed by atoms with Gasteiger partial charge in [0.1, 0.15) is 11.8 Å². The van der Waals surface area contributed by atoms with Gasteiger partial charge in [0.05, 0.1) is 18.2 Å². The lowest BCUT2D eigenvalue weighted by Crippen LogP contribution is -2.46. The second kappa shape index (κ2) is 10.7. The van der Waals surface area contributed by atoms with Gasteiger partial charge in [-0.05, 0) is 48.7 Å². The normalized spacial score (nSPS) is 12.4. The minimum atomic E-state index is -3.91. The Hall–Kier alpha value is -3.49. The molecule has 1 atom stereocenters. The van der Waals surface area contributed by atoms with Gasteiger partial charge in [0.15, 0.2) is 0 Å². The molecule has 0 spiro atoms. The highest BCUT2D eigenvalue weighted by Gasteiger charge is 2.26. The summed E-state index contributed by atoms with van der Waals surface area (Å²) in [6.45, 7) is 1.87. The van der Waals surface area contributed by atoms with Crippen LogP contribution >= 0.6 is 0 Å². The zero-order chi connectivity index (χ0) is 23.0. The van der Waals surface area contributed by atoms with Crippen molar-refractivity contribution < 1.29 is 17.9 Å². The average Bonchev–Trinajstić information content (AvgIpc) is 2.79. The molecule has 0 saturated heterocycles. The van der Waals surface area contributed by atoms with Crippen LogP contribution in [0, 0.1) is 6.92 Å². The Morgan fingerprint density at radius 3 is 2.44 bits per heavy atom. The monoisotopic (exact) mass is 451 g/mol. The van der Waals surface area contributed by atoms with Gasteiger partial charge in [-0.1, -0.05) is 60.2 Å². The predicted octanol–water partition coefficient (Wildman–Crippen LogP) is 3.04. The van der Waals surface area contributed by atoms with Gasteiger partial charge in [0, 0.05) is 0 Å². The molecular formula is C24H25N3O4S. The average molecular weight is 452 g/mol. The molecule has 3 aromatic carbocycles. The molecule has 0 bridgehead atoms. The van der Waals surface area contributed by atoms with Crippen molar-refractivity contribution in [1.82, 2.24) is 10.1 Å². The minimum Gasteiger partial charge on any atom is -0.497 e. The largest absolute Gasteiger partial charge is 0.497 e. The molecule has 0 unspecified atom stereocenters. The van der Waals surface area contributed by atoms with Gasteiger partial charge in [-0.15, -0.1) is 0 Å². The first kappa shape index (κ1) is 23.2. The summed E-state index contributed by atoms with van der Waals surface area (Å²) in [5, 5.41) is 3.98. The van der Waals surface area contributed by atoms with E-state index in [9.17, 15) is 13.2 Å². The summed E-state index contributed by atoms with van der Waals surface area (Å²) in [6, 6.07) is 21.7. The van der Waals surface area contributed by atoms with Gasteiger partial charge in [-0.25, -0.2) is 13.8 Å². The topological polar surface area (TPSA) is 96.9 Å². The quantitative estimate of drug-likeness (QED) is 0.386. The number of ether oxygens (including phenoxy) is 1. The van der Waals surface area contributed by atoms with E-state index < -0.39 is 22.0 Å². The number of hydrazone groups is 1. The maximum Gasteiger partial charge on any atom is 0.258 e. The van der Waals surface area contributed by atoms with Crippen molar-refractivity contribution in [2.45, 2.75) is 24.3 Å². The van der Waals surface area contributed by atoms with Crippen LogP contribution in [0.15, 0.2) is 88.9 Å². The molecule has 1 amide bonds. The van der Waals surface area contributed by atoms with Crippen LogP contribution in [0.5, 0.6) is 5.75 Å². The number of sulfonamides is 1. The number of benzene rings is 3. The SMILES string of the molecule is COc1cccc(/C=N\NC(=O)[C@@H](Cc2ccccc2)NS(=O)(=O)c2ccc(C)cc2)c1. The molecule has 0 heterocycles. The first-order valence-corrected chi connectivity index (χ1v) is 11.5. The van der Waals surface area contributed by atoms with Crippen molar-refractivity contribution >= 4 is 22.1 Å². The number of methoxy groups -OCH3 is 1. The number of amides is 1. The van der Waals surface area contributed by atoms with E-state index in [4.69, 9.17) is 4.74 Å². The first-order valence-electron chi connectivity index (χ1n) is 9.97. The highest BCUT2D eigenvalue weighted by molar-refractivity contribution is 7.89. The van der Waals surface area contributed by atoms with Crippen LogP contribution in [0.2, 0.25) is 0 Å². The van der Waals surface area contributed by atoms with Crippen LogP contribution in [0.4, 0.5) is 0 Å². The zero-order valence-electron chi connectivity index (χ0n) is 17.9. The third-order valence-electron chi connectivity index (χ3n) is 4.71. The first-order chi connectivity index (χ1) is 15.4. The molecule has 3 rings (SSSR count). The highest BCUT2D eigenvalue weighted by atomic mass is 32.2. The van der Waals surface area contributed by atoms with E-state index in [1.54, 1.807) is 43.5 Å². The minimum absolute atomic E-state index is 0.0915. The Kier molecular flexibility index (Phi) is 7.75. The molecule has 0 aromatic heterocycles. The van der Waals surface area contributed by atoms with Crippen LogP contribution in [-0.2, 0) is 21.2 Å². The van der Waals surface area contributed by atoms with E-state index in [1.165, 1.54) is 18.3 Å². The van der Waals surface area contributed by atoms with Crippen molar-refractivity contribution in [3.8, 4) is 5.75 Å². The van der Waals surface area contributed by atoms with Gasteiger partial charge < -0.3 is 4.74 Å². The van der Waals surface area contributed by atoms with E-state index in [0.717, 1.165) is 16.7 Å². The van der Waals surface area contributed by atoms with E-state index in [0.29, 0.717) is 5.75 Å². The Morgan fingerprint density at radius 1 is 1.03 bits per heavy atom. The predicted molar refractivity (Wildman–Crippen MR) is 124 cm³/mol. The summed E-state index contributed by atoms with van der Waals surface area (Å²) in [5.41, 5.74) is 4.92. The molecule has 3 aromatic rings. The number of nitrogens with one attached hydrogen (secondary N) is 2.